The lowest BCUT2D eigenvalue weighted by Crippen LogP contribution is -2.70. The molecule has 3 rings (SSSR count). The summed E-state index contributed by atoms with van der Waals surface area (Å²) in [5.41, 5.74) is 4.80. The molecule has 2 aliphatic rings. The summed E-state index contributed by atoms with van der Waals surface area (Å²) in [7, 11) is 0. The Morgan fingerprint density at radius 2 is 2.17 bits per heavy atom. The average Bonchev–Trinajstić information content (AvgIpc) is 2.99. The predicted molar refractivity (Wildman–Crippen MR) is 102 cm³/mol. The molecule has 0 saturated carbocycles. The van der Waals surface area contributed by atoms with Crippen molar-refractivity contribution in [3.63, 3.8) is 0 Å². The number of carbonyl (C=O) groups is 4. The third-order valence-electron chi connectivity index (χ3n) is 3.74. The number of aromatic nitrogens is 1. The van der Waals surface area contributed by atoms with E-state index in [1.807, 2.05) is 0 Å². The van der Waals surface area contributed by atoms with Crippen molar-refractivity contribution in [3.05, 3.63) is 21.8 Å². The quantitative estimate of drug-likeness (QED) is 0.235. The maximum atomic E-state index is 12.7. The number of halogens is 1. The number of hydrogen-bond acceptors (Lipinski definition) is 10. The van der Waals surface area contributed by atoms with Gasteiger partial charge in [-0.15, -0.1) is 11.8 Å². The first kappa shape index (κ1) is 20.9. The Morgan fingerprint density at radius 3 is 2.76 bits per heavy atom. The van der Waals surface area contributed by atoms with E-state index in [-0.39, 0.29) is 20.9 Å². The Bertz CT molecular complexity index is 962. The fourth-order valence-electron chi connectivity index (χ4n) is 2.56. The summed E-state index contributed by atoms with van der Waals surface area (Å²) >= 11 is 8.12. The molecule has 1 saturated heterocycles. The molecule has 2 aliphatic heterocycles. The largest absolute Gasteiger partial charge is 0.479 e. The lowest BCUT2D eigenvalue weighted by molar-refractivity contribution is -0.150. The van der Waals surface area contributed by atoms with Crippen LogP contribution < -0.4 is 11.1 Å². The molecule has 1 unspecified atom stereocenters. The van der Waals surface area contributed by atoms with Crippen LogP contribution in [0, 0.1) is 0 Å². The van der Waals surface area contributed by atoms with Gasteiger partial charge in [0.25, 0.3) is 11.8 Å². The average molecular weight is 462 g/mol. The standard InChI is InChI=1S/C14H12ClN5O7S2/c15-9-6(18-14(16)29-9)7(19-27-3-5(21)22)10(23)17-8-11(24)20-4(13(25)26)1-2-28-12(8)20/h1,8,12H,2-3H2,(H2,16,18)(H,17,23)(H,21,22)(H,25,26)/t8?,12-/m1/s1. The van der Waals surface area contributed by atoms with Crippen molar-refractivity contribution in [2.45, 2.75) is 11.4 Å². The highest BCUT2D eigenvalue weighted by molar-refractivity contribution is 8.00. The number of β-lactam (4-membered cyclic amide) rings is 1. The van der Waals surface area contributed by atoms with Gasteiger partial charge < -0.3 is 26.1 Å². The summed E-state index contributed by atoms with van der Waals surface area (Å²) in [5, 5.41) is 23.2. The molecule has 2 atom stereocenters. The van der Waals surface area contributed by atoms with Crippen LogP contribution in [0.15, 0.2) is 16.9 Å². The fourth-order valence-corrected chi connectivity index (χ4v) is 4.68. The van der Waals surface area contributed by atoms with Gasteiger partial charge in [0.2, 0.25) is 6.61 Å². The molecule has 0 aliphatic carbocycles. The van der Waals surface area contributed by atoms with Crippen molar-refractivity contribution < 1.29 is 34.2 Å². The van der Waals surface area contributed by atoms with Gasteiger partial charge in [-0.2, -0.15) is 0 Å². The van der Waals surface area contributed by atoms with Crippen LogP contribution >= 0.6 is 34.7 Å². The molecule has 3 heterocycles. The van der Waals surface area contributed by atoms with E-state index in [1.54, 1.807) is 0 Å². The Morgan fingerprint density at radius 1 is 1.45 bits per heavy atom. The van der Waals surface area contributed by atoms with Crippen LogP contribution in [0.1, 0.15) is 5.69 Å². The minimum absolute atomic E-state index is 0.0139. The van der Waals surface area contributed by atoms with Crippen molar-refractivity contribution >= 4 is 69.3 Å². The highest BCUT2D eigenvalue weighted by Crippen LogP contribution is 2.37. The zero-order chi connectivity index (χ0) is 21.3. The molecule has 2 amide bonds. The molecule has 15 heteroatoms. The normalized spacial score (nSPS) is 21.0. The molecule has 1 fully saturated rings. The van der Waals surface area contributed by atoms with Crippen molar-refractivity contribution in [1.29, 1.82) is 0 Å². The number of carbonyl (C=O) groups excluding carboxylic acids is 2. The maximum Gasteiger partial charge on any atom is 0.352 e. The van der Waals surface area contributed by atoms with Crippen LogP contribution in [0.4, 0.5) is 5.13 Å². The smallest absolute Gasteiger partial charge is 0.352 e. The Hall–Kier alpha value is -2.84. The van der Waals surface area contributed by atoms with Crippen LogP contribution in [0.25, 0.3) is 0 Å². The number of nitrogens with zero attached hydrogens (tertiary/aromatic N) is 3. The van der Waals surface area contributed by atoms with Gasteiger partial charge >= 0.3 is 11.9 Å². The van der Waals surface area contributed by atoms with E-state index in [0.717, 1.165) is 16.2 Å². The summed E-state index contributed by atoms with van der Waals surface area (Å²) in [4.78, 5) is 56.5. The molecule has 1 aromatic rings. The first-order valence-electron chi connectivity index (χ1n) is 7.73. The molecule has 0 aromatic carbocycles. The highest BCUT2D eigenvalue weighted by Gasteiger charge is 2.53. The Labute approximate surface area is 175 Å². The van der Waals surface area contributed by atoms with Gasteiger partial charge in [0.05, 0.1) is 0 Å². The number of aliphatic carboxylic acids is 2. The summed E-state index contributed by atoms with van der Waals surface area (Å²) in [6.45, 7) is -0.824. The second-order valence-corrected chi connectivity index (χ2v) is 8.34. The molecule has 0 radical (unpaired) electrons. The molecule has 29 heavy (non-hydrogen) atoms. The number of oxime groups is 1. The van der Waals surface area contributed by atoms with Crippen molar-refractivity contribution in [2.75, 3.05) is 18.1 Å². The second kappa shape index (κ2) is 8.26. The Balaban J connectivity index is 1.80. The first-order valence-corrected chi connectivity index (χ1v) is 9.98. The van der Waals surface area contributed by atoms with Gasteiger partial charge in [-0.3, -0.25) is 14.5 Å². The van der Waals surface area contributed by atoms with E-state index < -0.39 is 47.5 Å². The molecule has 154 valence electrons. The lowest BCUT2D eigenvalue weighted by Gasteiger charge is -2.48. The van der Waals surface area contributed by atoms with Crippen molar-refractivity contribution in [2.24, 2.45) is 5.16 Å². The zero-order valence-electron chi connectivity index (χ0n) is 14.2. The SMILES string of the molecule is Nc1nc(C(=NOCC(=O)O)C(=O)NC2C(=O)N3C(C(=O)O)=CCS[C@H]23)c(Cl)s1. The molecule has 0 bridgehead atoms. The molecule has 5 N–H and O–H groups in total. The highest BCUT2D eigenvalue weighted by atomic mass is 35.5. The van der Waals surface area contributed by atoms with Crippen LogP contribution in [0.2, 0.25) is 4.34 Å². The van der Waals surface area contributed by atoms with E-state index in [4.69, 9.17) is 22.4 Å². The number of carboxylic acid groups (broad SMARTS) is 2. The zero-order valence-corrected chi connectivity index (χ0v) is 16.6. The minimum Gasteiger partial charge on any atom is -0.479 e. The van der Waals surface area contributed by atoms with Crippen LogP contribution in [-0.2, 0) is 24.0 Å². The number of carboxylic acids is 2. The predicted octanol–water partition coefficient (Wildman–Crippen LogP) is -0.448. The molecule has 0 spiro atoms. The van der Waals surface area contributed by atoms with E-state index >= 15 is 0 Å². The number of anilines is 1. The molecular weight excluding hydrogens is 450 g/mol. The first-order chi connectivity index (χ1) is 13.7. The lowest BCUT2D eigenvalue weighted by atomic mass is 10.0. The number of thioether (sulfide) groups is 1. The minimum atomic E-state index is -1.33. The summed E-state index contributed by atoms with van der Waals surface area (Å²) in [6, 6.07) is -1.02. The number of hydrogen-bond donors (Lipinski definition) is 4. The van der Waals surface area contributed by atoms with Crippen molar-refractivity contribution in [1.82, 2.24) is 15.2 Å². The van der Waals surface area contributed by atoms with Gasteiger partial charge in [0, 0.05) is 5.75 Å². The van der Waals surface area contributed by atoms with Gasteiger partial charge in [0.15, 0.2) is 10.8 Å². The van der Waals surface area contributed by atoms with E-state index in [9.17, 15) is 24.3 Å². The number of fused-ring (bicyclic) bond motifs is 1. The molecular formula is C14H12ClN5O7S2. The van der Waals surface area contributed by atoms with Gasteiger partial charge in [-0.1, -0.05) is 28.1 Å². The number of nitrogen functional groups attached to an aromatic ring is 1. The van der Waals surface area contributed by atoms with Crippen LogP contribution in [0.5, 0.6) is 0 Å². The third kappa shape index (κ3) is 4.13. The van der Waals surface area contributed by atoms with E-state index in [2.05, 4.69) is 20.3 Å². The number of thiazole rings is 1. The number of nitrogens with two attached hydrogens (primary N) is 1. The van der Waals surface area contributed by atoms with Crippen LogP contribution in [0.3, 0.4) is 0 Å². The second-order valence-electron chi connectivity index (χ2n) is 5.56. The van der Waals surface area contributed by atoms with Gasteiger partial charge in [-0.25, -0.2) is 14.6 Å². The molecule has 12 nitrogen and oxygen atoms in total. The summed E-state index contributed by atoms with van der Waals surface area (Å²) < 4.78 is 0.0139. The topological polar surface area (TPSA) is 185 Å². The summed E-state index contributed by atoms with van der Waals surface area (Å²) in [6.07, 6.45) is 1.41. The fraction of sp³-hybridized carbons (Fsp3) is 0.286. The third-order valence-corrected chi connectivity index (χ3v) is 6.00. The number of nitrogens with one attached hydrogen (secondary N) is 1. The van der Waals surface area contributed by atoms with Crippen molar-refractivity contribution in [3.8, 4) is 0 Å². The van der Waals surface area contributed by atoms with Crippen LogP contribution in [-0.4, -0.2) is 73.3 Å². The van der Waals surface area contributed by atoms with Gasteiger partial charge in [-0.05, 0) is 6.08 Å². The molecule has 1 aromatic heterocycles. The Kier molecular flexibility index (Phi) is 5.95. The van der Waals surface area contributed by atoms with E-state index in [0.29, 0.717) is 5.75 Å². The van der Waals surface area contributed by atoms with E-state index in [1.165, 1.54) is 17.8 Å². The number of rotatable bonds is 7. The monoisotopic (exact) mass is 461 g/mol. The summed E-state index contributed by atoms with van der Waals surface area (Å²) in [5.74, 6) is -3.75. The number of amides is 2. The van der Waals surface area contributed by atoms with Gasteiger partial charge in [0.1, 0.15) is 27.1 Å². The maximum absolute atomic E-state index is 12.7.